The van der Waals surface area contributed by atoms with Gasteiger partial charge in [0.05, 0.1) is 12.5 Å². The minimum absolute atomic E-state index is 0.0159. The molecule has 0 atom stereocenters. The van der Waals surface area contributed by atoms with Crippen LogP contribution in [0, 0.1) is 23.4 Å². The number of fused-ring (bicyclic) bond motifs is 1. The van der Waals surface area contributed by atoms with Gasteiger partial charge in [0.2, 0.25) is 0 Å². The maximum Gasteiger partial charge on any atom is 0.175 e. The third-order valence-corrected chi connectivity index (χ3v) is 5.32. The van der Waals surface area contributed by atoms with E-state index in [9.17, 15) is 13.2 Å². The lowest BCUT2D eigenvalue weighted by molar-refractivity contribution is 0.303. The lowest BCUT2D eigenvalue weighted by Crippen LogP contribution is -2.15. The molecule has 3 rings (SSSR count). The van der Waals surface area contributed by atoms with E-state index in [2.05, 4.69) is 6.92 Å². The summed E-state index contributed by atoms with van der Waals surface area (Å²) in [6.07, 6.45) is 6.20. The number of halogens is 3. The van der Waals surface area contributed by atoms with Crippen molar-refractivity contribution in [1.82, 2.24) is 0 Å². The molecule has 1 fully saturated rings. The molecule has 24 heavy (non-hydrogen) atoms. The minimum Gasteiger partial charge on any atom is -0.494 e. The van der Waals surface area contributed by atoms with Gasteiger partial charge in [-0.05, 0) is 60.6 Å². The Morgan fingerprint density at radius 2 is 1.71 bits per heavy atom. The molecule has 2 aromatic rings. The molecule has 0 spiro atoms. The number of hydrogen-bond acceptors (Lipinski definition) is 1. The average Bonchev–Trinajstić information content (AvgIpc) is 2.59. The van der Waals surface area contributed by atoms with Crippen LogP contribution in [-0.2, 0) is 0 Å². The fraction of sp³-hybridized carbons (Fsp3) is 0.500. The predicted octanol–water partition coefficient (Wildman–Crippen LogP) is 6.34. The Morgan fingerprint density at radius 3 is 2.33 bits per heavy atom. The average molecular weight is 336 g/mol. The zero-order valence-corrected chi connectivity index (χ0v) is 14.2. The summed E-state index contributed by atoms with van der Waals surface area (Å²) in [6.45, 7) is 2.17. The van der Waals surface area contributed by atoms with E-state index in [1.807, 2.05) is 0 Å². The van der Waals surface area contributed by atoms with Crippen LogP contribution >= 0.6 is 0 Å². The largest absolute Gasteiger partial charge is 0.494 e. The van der Waals surface area contributed by atoms with Gasteiger partial charge in [0.25, 0.3) is 0 Å². The number of rotatable bonds is 4. The van der Waals surface area contributed by atoms with Crippen molar-refractivity contribution in [3.05, 3.63) is 41.2 Å². The molecule has 0 heterocycles. The fourth-order valence-electron chi connectivity index (χ4n) is 4.01. The highest BCUT2D eigenvalue weighted by atomic mass is 19.2. The van der Waals surface area contributed by atoms with Gasteiger partial charge >= 0.3 is 0 Å². The van der Waals surface area contributed by atoms with E-state index in [1.54, 1.807) is 12.1 Å². The maximum atomic E-state index is 14.6. The van der Waals surface area contributed by atoms with Crippen LogP contribution in [-0.4, -0.2) is 7.11 Å². The Labute approximate surface area is 140 Å². The molecule has 1 nitrogen and oxygen atoms in total. The first-order valence-corrected chi connectivity index (χ1v) is 8.70. The number of methoxy groups -OCH3 is 1. The van der Waals surface area contributed by atoms with Crippen LogP contribution in [0.15, 0.2) is 18.2 Å². The molecule has 1 aliphatic carbocycles. The van der Waals surface area contributed by atoms with E-state index in [4.69, 9.17) is 4.74 Å². The molecular formula is C20H23F3O. The second-order valence-corrected chi connectivity index (χ2v) is 6.78. The molecule has 0 aromatic heterocycles. The highest BCUT2D eigenvalue weighted by molar-refractivity contribution is 5.86. The SMILES string of the molecule is CCCC1CCC(c2cc3ccc(OC)c(F)c3c(F)c2F)CC1. The summed E-state index contributed by atoms with van der Waals surface area (Å²) in [4.78, 5) is 0. The van der Waals surface area contributed by atoms with Crippen molar-refractivity contribution in [2.45, 2.75) is 51.4 Å². The van der Waals surface area contributed by atoms with Gasteiger partial charge in [-0.1, -0.05) is 25.8 Å². The zero-order chi connectivity index (χ0) is 17.3. The Morgan fingerprint density at radius 1 is 1.00 bits per heavy atom. The van der Waals surface area contributed by atoms with Crippen molar-refractivity contribution < 1.29 is 17.9 Å². The lowest BCUT2D eigenvalue weighted by atomic mass is 9.77. The molecule has 0 bridgehead atoms. The van der Waals surface area contributed by atoms with Crippen LogP contribution < -0.4 is 4.74 Å². The zero-order valence-electron chi connectivity index (χ0n) is 14.2. The Balaban J connectivity index is 1.97. The van der Waals surface area contributed by atoms with Gasteiger partial charge in [-0.3, -0.25) is 0 Å². The molecule has 0 amide bonds. The first-order chi connectivity index (χ1) is 11.6. The molecule has 0 saturated heterocycles. The van der Waals surface area contributed by atoms with E-state index in [0.29, 0.717) is 16.9 Å². The van der Waals surface area contributed by atoms with Crippen LogP contribution in [0.4, 0.5) is 13.2 Å². The highest BCUT2D eigenvalue weighted by Gasteiger charge is 2.27. The Kier molecular flexibility index (Phi) is 5.02. The highest BCUT2D eigenvalue weighted by Crippen LogP contribution is 2.41. The number of benzene rings is 2. The summed E-state index contributed by atoms with van der Waals surface area (Å²) < 4.78 is 48.3. The van der Waals surface area contributed by atoms with Crippen LogP contribution in [0.25, 0.3) is 10.8 Å². The maximum absolute atomic E-state index is 14.6. The van der Waals surface area contributed by atoms with E-state index >= 15 is 0 Å². The van der Waals surface area contributed by atoms with Crippen molar-refractivity contribution in [3.8, 4) is 5.75 Å². The lowest BCUT2D eigenvalue weighted by Gasteiger charge is -2.29. The van der Waals surface area contributed by atoms with Crippen molar-refractivity contribution >= 4 is 10.8 Å². The van der Waals surface area contributed by atoms with Crippen LogP contribution in [0.2, 0.25) is 0 Å². The van der Waals surface area contributed by atoms with Crippen molar-refractivity contribution in [3.63, 3.8) is 0 Å². The molecule has 0 unspecified atom stereocenters. The molecule has 0 radical (unpaired) electrons. The van der Waals surface area contributed by atoms with E-state index in [0.717, 1.165) is 32.1 Å². The van der Waals surface area contributed by atoms with E-state index in [-0.39, 0.29) is 17.1 Å². The smallest absolute Gasteiger partial charge is 0.175 e. The van der Waals surface area contributed by atoms with Crippen molar-refractivity contribution in [2.75, 3.05) is 7.11 Å². The second-order valence-electron chi connectivity index (χ2n) is 6.78. The number of ether oxygens (including phenoxy) is 1. The molecule has 0 N–H and O–H groups in total. The molecule has 2 aromatic carbocycles. The first-order valence-electron chi connectivity index (χ1n) is 8.70. The minimum atomic E-state index is -1.10. The third-order valence-electron chi connectivity index (χ3n) is 5.32. The quantitative estimate of drug-likeness (QED) is 0.633. The van der Waals surface area contributed by atoms with Crippen LogP contribution in [0.3, 0.4) is 0 Å². The monoisotopic (exact) mass is 336 g/mol. The second kappa shape index (κ2) is 7.04. The van der Waals surface area contributed by atoms with Gasteiger partial charge in [-0.15, -0.1) is 0 Å². The normalized spacial score (nSPS) is 21.2. The van der Waals surface area contributed by atoms with Gasteiger partial charge in [-0.2, -0.15) is 0 Å². The van der Waals surface area contributed by atoms with Gasteiger partial charge in [0, 0.05) is 0 Å². The molecule has 0 aliphatic heterocycles. The van der Waals surface area contributed by atoms with Gasteiger partial charge in [0.1, 0.15) is 0 Å². The topological polar surface area (TPSA) is 9.23 Å². The Hall–Kier alpha value is -1.71. The number of hydrogen-bond donors (Lipinski definition) is 0. The third kappa shape index (κ3) is 2.99. The molecule has 1 aliphatic rings. The standard InChI is InChI=1S/C20H23F3O/c1-3-4-12-5-7-13(8-6-12)15-11-14-9-10-16(24-2)19(22)17(14)20(23)18(15)21/h9-13H,3-8H2,1-2H3. The van der Waals surface area contributed by atoms with Crippen molar-refractivity contribution in [1.29, 1.82) is 0 Å². The van der Waals surface area contributed by atoms with E-state index < -0.39 is 17.5 Å². The molecular weight excluding hydrogens is 313 g/mol. The fourth-order valence-corrected chi connectivity index (χ4v) is 4.01. The summed E-state index contributed by atoms with van der Waals surface area (Å²) in [5.74, 6) is -2.22. The van der Waals surface area contributed by atoms with Gasteiger partial charge in [-0.25, -0.2) is 13.2 Å². The van der Waals surface area contributed by atoms with Crippen molar-refractivity contribution in [2.24, 2.45) is 5.92 Å². The summed E-state index contributed by atoms with van der Waals surface area (Å²) in [7, 11) is 1.31. The molecule has 130 valence electrons. The summed E-state index contributed by atoms with van der Waals surface area (Å²) in [5, 5.41) is 0.0631. The van der Waals surface area contributed by atoms with Gasteiger partial charge in [0.15, 0.2) is 23.2 Å². The van der Waals surface area contributed by atoms with Gasteiger partial charge < -0.3 is 4.74 Å². The molecule has 4 heteroatoms. The predicted molar refractivity (Wildman–Crippen MR) is 90.0 cm³/mol. The first kappa shape index (κ1) is 17.1. The Bertz CT molecular complexity index is 733. The summed E-state index contributed by atoms with van der Waals surface area (Å²) >= 11 is 0. The summed E-state index contributed by atoms with van der Waals surface area (Å²) in [5.41, 5.74) is 0.388. The van der Waals surface area contributed by atoms with Crippen LogP contribution in [0.5, 0.6) is 5.75 Å². The summed E-state index contributed by atoms with van der Waals surface area (Å²) in [6, 6.07) is 4.66. The van der Waals surface area contributed by atoms with Crippen LogP contribution in [0.1, 0.15) is 56.9 Å². The molecule has 1 saturated carbocycles. The van der Waals surface area contributed by atoms with E-state index in [1.165, 1.54) is 19.6 Å².